The standard InChI is InChI=1S/C30H30N2O4/c1-21-28(31-29(36-21)24-10-6-3-7-11-24)16-17-35-25-14-12-23(13-15-25)26-19-32(20-27(26)30(33)34)18-22-8-4-2-5-9-22/h2-15,26-27H,16-20H2,1H3,(H,33,34)/t26-,27-/m1/s1. The van der Waals surface area contributed by atoms with E-state index in [9.17, 15) is 9.90 Å². The zero-order valence-corrected chi connectivity index (χ0v) is 20.3. The van der Waals surface area contributed by atoms with Crippen LogP contribution >= 0.6 is 0 Å². The fourth-order valence-electron chi connectivity index (χ4n) is 4.88. The van der Waals surface area contributed by atoms with Crippen LogP contribution in [-0.4, -0.2) is 40.7 Å². The van der Waals surface area contributed by atoms with Crippen molar-refractivity contribution in [2.24, 2.45) is 5.92 Å². The molecule has 0 radical (unpaired) electrons. The molecule has 6 nitrogen and oxygen atoms in total. The predicted octanol–water partition coefficient (Wildman–Crippen LogP) is 5.57. The van der Waals surface area contributed by atoms with E-state index in [1.54, 1.807) is 0 Å². The number of carboxylic acids is 1. The number of aryl methyl sites for hydroxylation is 1. The van der Waals surface area contributed by atoms with E-state index in [2.05, 4.69) is 22.0 Å². The molecular formula is C30H30N2O4. The van der Waals surface area contributed by atoms with Crippen molar-refractivity contribution in [3.63, 3.8) is 0 Å². The normalized spacial score (nSPS) is 17.8. The molecule has 1 aliphatic heterocycles. The number of aromatic nitrogens is 1. The smallest absolute Gasteiger partial charge is 0.308 e. The maximum Gasteiger partial charge on any atom is 0.308 e. The van der Waals surface area contributed by atoms with Crippen molar-refractivity contribution in [3.8, 4) is 17.2 Å². The summed E-state index contributed by atoms with van der Waals surface area (Å²) in [5, 5.41) is 9.84. The highest BCUT2D eigenvalue weighted by Crippen LogP contribution is 2.34. The second-order valence-corrected chi connectivity index (χ2v) is 9.29. The van der Waals surface area contributed by atoms with Gasteiger partial charge in [-0.15, -0.1) is 0 Å². The summed E-state index contributed by atoms with van der Waals surface area (Å²) >= 11 is 0. The second-order valence-electron chi connectivity index (χ2n) is 9.29. The van der Waals surface area contributed by atoms with Crippen LogP contribution in [0.25, 0.3) is 11.5 Å². The van der Waals surface area contributed by atoms with Crippen LogP contribution < -0.4 is 4.74 Å². The van der Waals surface area contributed by atoms with Crippen LogP contribution in [0, 0.1) is 12.8 Å². The van der Waals surface area contributed by atoms with Gasteiger partial charge in [0.1, 0.15) is 11.5 Å². The molecule has 2 heterocycles. The monoisotopic (exact) mass is 482 g/mol. The summed E-state index contributed by atoms with van der Waals surface area (Å²) in [6, 6.07) is 27.9. The van der Waals surface area contributed by atoms with Crippen molar-refractivity contribution in [1.82, 2.24) is 9.88 Å². The van der Waals surface area contributed by atoms with Gasteiger partial charge in [0, 0.05) is 37.5 Å². The molecule has 0 amide bonds. The maximum atomic E-state index is 12.0. The molecule has 5 rings (SSSR count). The van der Waals surface area contributed by atoms with E-state index in [4.69, 9.17) is 9.15 Å². The molecule has 3 aromatic carbocycles. The third kappa shape index (κ3) is 5.50. The number of likely N-dealkylation sites (tertiary alicyclic amines) is 1. The van der Waals surface area contributed by atoms with E-state index in [0.29, 0.717) is 25.5 Å². The van der Waals surface area contributed by atoms with Gasteiger partial charge in [-0.25, -0.2) is 4.98 Å². The van der Waals surface area contributed by atoms with E-state index in [1.807, 2.05) is 79.7 Å². The van der Waals surface area contributed by atoms with Gasteiger partial charge in [0.25, 0.3) is 0 Å². The Hall–Kier alpha value is -3.90. The fraction of sp³-hybridized carbons (Fsp3) is 0.267. The lowest BCUT2D eigenvalue weighted by Crippen LogP contribution is -2.23. The molecule has 0 bridgehead atoms. The summed E-state index contributed by atoms with van der Waals surface area (Å²) in [5.74, 6) is 0.971. The highest BCUT2D eigenvalue weighted by molar-refractivity contribution is 5.72. The van der Waals surface area contributed by atoms with Gasteiger partial charge in [0.15, 0.2) is 0 Å². The molecule has 2 atom stereocenters. The number of nitrogens with zero attached hydrogens (tertiary/aromatic N) is 2. The summed E-state index contributed by atoms with van der Waals surface area (Å²) < 4.78 is 11.8. The van der Waals surface area contributed by atoms with E-state index in [-0.39, 0.29) is 5.92 Å². The Morgan fingerprint density at radius 1 is 1.00 bits per heavy atom. The Balaban J connectivity index is 1.18. The Labute approximate surface area is 211 Å². The number of rotatable bonds is 9. The minimum Gasteiger partial charge on any atom is -0.493 e. The highest BCUT2D eigenvalue weighted by atomic mass is 16.5. The molecule has 4 aromatic rings. The van der Waals surface area contributed by atoms with E-state index >= 15 is 0 Å². The Morgan fingerprint density at radius 3 is 2.39 bits per heavy atom. The first-order valence-electron chi connectivity index (χ1n) is 12.3. The van der Waals surface area contributed by atoms with E-state index in [0.717, 1.165) is 41.4 Å². The first-order chi connectivity index (χ1) is 17.6. The Bertz CT molecular complexity index is 1290. The summed E-state index contributed by atoms with van der Waals surface area (Å²) in [6.45, 7) is 4.43. The van der Waals surface area contributed by atoms with Crippen molar-refractivity contribution in [1.29, 1.82) is 0 Å². The van der Waals surface area contributed by atoms with Crippen molar-refractivity contribution < 1.29 is 19.1 Å². The number of hydrogen-bond donors (Lipinski definition) is 1. The number of ether oxygens (including phenoxy) is 1. The molecule has 0 unspecified atom stereocenters. The largest absolute Gasteiger partial charge is 0.493 e. The summed E-state index contributed by atoms with van der Waals surface area (Å²) in [7, 11) is 0. The average molecular weight is 483 g/mol. The number of hydrogen-bond acceptors (Lipinski definition) is 5. The molecule has 1 fully saturated rings. The minimum absolute atomic E-state index is 0.0468. The lowest BCUT2D eigenvalue weighted by Gasteiger charge is -2.17. The van der Waals surface area contributed by atoms with Crippen LogP contribution in [0.2, 0.25) is 0 Å². The van der Waals surface area contributed by atoms with E-state index in [1.165, 1.54) is 5.56 Å². The lowest BCUT2D eigenvalue weighted by atomic mass is 9.89. The number of carboxylic acid groups (broad SMARTS) is 1. The Morgan fingerprint density at radius 2 is 1.69 bits per heavy atom. The number of benzene rings is 3. The molecule has 1 saturated heterocycles. The van der Waals surface area contributed by atoms with Gasteiger partial charge in [0.2, 0.25) is 5.89 Å². The molecule has 1 N–H and O–H groups in total. The minimum atomic E-state index is -0.742. The summed E-state index contributed by atoms with van der Waals surface area (Å²) in [4.78, 5) is 18.8. The molecule has 1 aromatic heterocycles. The zero-order chi connectivity index (χ0) is 24.9. The van der Waals surface area contributed by atoms with Gasteiger partial charge in [-0.1, -0.05) is 60.7 Å². The van der Waals surface area contributed by atoms with Crippen LogP contribution in [0.15, 0.2) is 89.3 Å². The molecule has 0 saturated carbocycles. The molecule has 184 valence electrons. The van der Waals surface area contributed by atoms with Gasteiger partial charge in [-0.3, -0.25) is 9.69 Å². The van der Waals surface area contributed by atoms with Gasteiger partial charge < -0.3 is 14.3 Å². The molecule has 0 aliphatic carbocycles. The fourth-order valence-corrected chi connectivity index (χ4v) is 4.88. The van der Waals surface area contributed by atoms with Crippen LogP contribution in [0.3, 0.4) is 0 Å². The maximum absolute atomic E-state index is 12.0. The van der Waals surface area contributed by atoms with Crippen LogP contribution in [0.5, 0.6) is 5.75 Å². The number of carbonyl (C=O) groups is 1. The van der Waals surface area contributed by atoms with E-state index < -0.39 is 11.9 Å². The molecule has 1 aliphatic rings. The highest BCUT2D eigenvalue weighted by Gasteiger charge is 2.38. The summed E-state index contributed by atoms with van der Waals surface area (Å²) in [5.41, 5.74) is 4.07. The van der Waals surface area contributed by atoms with Gasteiger partial charge in [-0.05, 0) is 42.3 Å². The topological polar surface area (TPSA) is 75.8 Å². The first kappa shape index (κ1) is 23.8. The van der Waals surface area contributed by atoms with Crippen LogP contribution in [0.4, 0.5) is 0 Å². The van der Waals surface area contributed by atoms with Gasteiger partial charge in [-0.2, -0.15) is 0 Å². The third-order valence-electron chi connectivity index (χ3n) is 6.79. The van der Waals surface area contributed by atoms with Crippen LogP contribution in [0.1, 0.15) is 28.5 Å². The molecule has 6 heteroatoms. The van der Waals surface area contributed by atoms with Crippen molar-refractivity contribution >= 4 is 5.97 Å². The lowest BCUT2D eigenvalue weighted by molar-refractivity contribution is -0.141. The van der Waals surface area contributed by atoms with Gasteiger partial charge >= 0.3 is 5.97 Å². The SMILES string of the molecule is Cc1oc(-c2ccccc2)nc1CCOc1ccc([C@H]2CN(Cc3ccccc3)C[C@H]2C(=O)O)cc1. The quantitative estimate of drug-likeness (QED) is 0.336. The average Bonchev–Trinajstić information content (AvgIpc) is 3.49. The first-order valence-corrected chi connectivity index (χ1v) is 12.3. The second kappa shape index (κ2) is 10.8. The van der Waals surface area contributed by atoms with Crippen molar-refractivity contribution in [3.05, 3.63) is 108 Å². The van der Waals surface area contributed by atoms with Crippen molar-refractivity contribution in [2.45, 2.75) is 25.8 Å². The molecule has 36 heavy (non-hydrogen) atoms. The predicted molar refractivity (Wildman–Crippen MR) is 138 cm³/mol. The summed E-state index contributed by atoms with van der Waals surface area (Å²) in [6.07, 6.45) is 0.641. The number of aliphatic carboxylic acids is 1. The molecule has 0 spiro atoms. The number of oxazole rings is 1. The van der Waals surface area contributed by atoms with Crippen molar-refractivity contribution in [2.75, 3.05) is 19.7 Å². The van der Waals surface area contributed by atoms with Crippen LogP contribution in [-0.2, 0) is 17.8 Å². The third-order valence-corrected chi connectivity index (χ3v) is 6.79. The Kier molecular flexibility index (Phi) is 7.14. The van der Waals surface area contributed by atoms with Gasteiger partial charge in [0.05, 0.1) is 18.2 Å². The molecular weight excluding hydrogens is 452 g/mol. The zero-order valence-electron chi connectivity index (χ0n) is 20.3.